The summed E-state index contributed by atoms with van der Waals surface area (Å²) in [7, 11) is -2.81. The maximum absolute atomic E-state index is 13.8. The second-order valence-corrected chi connectivity index (χ2v) is 9.70. The highest BCUT2D eigenvalue weighted by Crippen LogP contribution is 2.54. The van der Waals surface area contributed by atoms with Gasteiger partial charge in [0.2, 0.25) is 0 Å². The Bertz CT molecular complexity index is 659. The highest BCUT2D eigenvalue weighted by Gasteiger charge is 2.39. The predicted octanol–water partition coefficient (Wildman–Crippen LogP) is 4.91. The number of benzene rings is 2. The van der Waals surface area contributed by atoms with Crippen molar-refractivity contribution in [3.8, 4) is 0 Å². The molecule has 22 heavy (non-hydrogen) atoms. The van der Waals surface area contributed by atoms with E-state index < -0.39 is 7.29 Å². The molecule has 2 nitrogen and oxygen atoms in total. The fraction of sp³-hybridized carbons (Fsp3) is 0.263. The second-order valence-electron chi connectivity index (χ2n) is 6.37. The minimum absolute atomic E-state index is 0.147. The molecule has 0 aliphatic rings. The van der Waals surface area contributed by atoms with Gasteiger partial charge in [-0.25, -0.2) is 0 Å². The number of nitrogens with one attached hydrogen (secondary N) is 1. The lowest BCUT2D eigenvalue weighted by Gasteiger charge is -2.35. The van der Waals surface area contributed by atoms with Crippen LogP contribution in [0.2, 0.25) is 0 Å². The second kappa shape index (κ2) is 6.64. The minimum atomic E-state index is -2.81. The van der Waals surface area contributed by atoms with Gasteiger partial charge < -0.3 is 4.57 Å². The summed E-state index contributed by atoms with van der Waals surface area (Å²) in [6, 6.07) is 19.5. The summed E-state index contributed by atoms with van der Waals surface area (Å²) >= 11 is 0. The lowest BCUT2D eigenvalue weighted by molar-refractivity contribution is 0.539. The number of hydrogen-bond acceptors (Lipinski definition) is 1. The van der Waals surface area contributed by atoms with Crippen LogP contribution >= 0.6 is 7.29 Å². The smallest absolute Gasteiger partial charge is 0.181 e. The van der Waals surface area contributed by atoms with E-state index in [4.69, 9.17) is 0 Å². The van der Waals surface area contributed by atoms with Crippen LogP contribution in [-0.4, -0.2) is 5.16 Å². The fourth-order valence-electron chi connectivity index (χ4n) is 2.41. The Kier molecular flexibility index (Phi) is 5.05. The summed E-state index contributed by atoms with van der Waals surface area (Å²) in [5.41, 5.74) is 1.07. The van der Waals surface area contributed by atoms with Gasteiger partial charge in [0.15, 0.2) is 7.29 Å². The van der Waals surface area contributed by atoms with Crippen molar-refractivity contribution in [1.82, 2.24) is 5.09 Å². The molecule has 0 aliphatic carbocycles. The molecule has 0 bridgehead atoms. The highest BCUT2D eigenvalue weighted by molar-refractivity contribution is 7.71. The number of rotatable bonds is 5. The topological polar surface area (TPSA) is 29.1 Å². The van der Waals surface area contributed by atoms with Crippen LogP contribution in [0.4, 0.5) is 0 Å². The molecule has 0 radical (unpaired) electrons. The third kappa shape index (κ3) is 3.40. The quantitative estimate of drug-likeness (QED) is 0.628. The molecule has 0 saturated heterocycles. The van der Waals surface area contributed by atoms with E-state index in [1.54, 1.807) is 0 Å². The van der Waals surface area contributed by atoms with E-state index in [0.29, 0.717) is 0 Å². The van der Waals surface area contributed by atoms with E-state index in [-0.39, 0.29) is 11.2 Å². The average molecular weight is 313 g/mol. The fourth-order valence-corrected chi connectivity index (χ4v) is 4.96. The molecule has 116 valence electrons. The molecule has 0 spiro atoms. The number of hydrogen-bond donors (Lipinski definition) is 1. The lowest BCUT2D eigenvalue weighted by Crippen LogP contribution is -2.34. The van der Waals surface area contributed by atoms with Gasteiger partial charge in [-0.2, -0.15) is 0 Å². The normalized spacial score (nSPS) is 15.8. The van der Waals surface area contributed by atoms with E-state index in [2.05, 4.69) is 11.7 Å². The first-order valence-corrected chi connectivity index (χ1v) is 9.20. The van der Waals surface area contributed by atoms with Crippen molar-refractivity contribution in [3.05, 3.63) is 78.9 Å². The summed E-state index contributed by atoms with van der Waals surface area (Å²) in [4.78, 5) is 0. The third-order valence-corrected chi connectivity index (χ3v) is 7.34. The molecule has 0 fully saturated rings. The van der Waals surface area contributed by atoms with Crippen molar-refractivity contribution in [1.29, 1.82) is 0 Å². The Balaban J connectivity index is 2.44. The van der Waals surface area contributed by atoms with Crippen LogP contribution in [0, 0.1) is 0 Å². The summed E-state index contributed by atoms with van der Waals surface area (Å²) in [5, 5.41) is 3.86. The molecule has 0 aliphatic heterocycles. The van der Waals surface area contributed by atoms with Crippen molar-refractivity contribution in [2.75, 3.05) is 0 Å². The molecule has 2 aromatic carbocycles. The SMILES string of the molecule is C=C[C@@H](NP(=O)(c1ccccc1)C(C)(C)C)c1ccccc1. The standard InChI is InChI=1S/C19H24NOP/c1-5-18(16-12-8-6-9-13-16)20-22(21,19(2,3)4)17-14-10-7-11-15-17/h5-15,18H,1H2,2-4H3,(H,20,21)/t18-,22?/m1/s1. The molecule has 0 saturated carbocycles. The first-order valence-electron chi connectivity index (χ1n) is 7.49. The Morgan fingerprint density at radius 1 is 1.00 bits per heavy atom. The summed E-state index contributed by atoms with van der Waals surface area (Å²) in [6.45, 7) is 9.95. The maximum Gasteiger partial charge on any atom is 0.181 e. The van der Waals surface area contributed by atoms with Crippen molar-refractivity contribution in [2.24, 2.45) is 0 Å². The van der Waals surface area contributed by atoms with Gasteiger partial charge in [-0.3, -0.25) is 5.09 Å². The van der Waals surface area contributed by atoms with Crippen molar-refractivity contribution in [2.45, 2.75) is 32.0 Å². The molecule has 3 heteroatoms. The lowest BCUT2D eigenvalue weighted by atomic mass is 10.1. The van der Waals surface area contributed by atoms with Crippen LogP contribution in [0.25, 0.3) is 0 Å². The predicted molar refractivity (Wildman–Crippen MR) is 96.0 cm³/mol. The van der Waals surface area contributed by atoms with Gasteiger partial charge in [-0.05, 0) is 5.56 Å². The van der Waals surface area contributed by atoms with Gasteiger partial charge in [0, 0.05) is 10.5 Å². The first-order chi connectivity index (χ1) is 10.4. The average Bonchev–Trinajstić information content (AvgIpc) is 2.53. The molecular formula is C19H24NOP. The zero-order valence-electron chi connectivity index (χ0n) is 13.5. The zero-order chi connectivity index (χ0) is 16.2. The van der Waals surface area contributed by atoms with Crippen LogP contribution in [0.5, 0.6) is 0 Å². The molecule has 1 unspecified atom stereocenters. The molecule has 1 N–H and O–H groups in total. The molecular weight excluding hydrogens is 289 g/mol. The molecule has 2 atom stereocenters. The molecule has 0 amide bonds. The Hall–Kier alpha value is -1.63. The minimum Gasteiger partial charge on any atom is -0.301 e. The summed E-state index contributed by atoms with van der Waals surface area (Å²) in [5.74, 6) is 0. The van der Waals surface area contributed by atoms with Crippen molar-refractivity contribution in [3.63, 3.8) is 0 Å². The van der Waals surface area contributed by atoms with Gasteiger partial charge in [-0.15, -0.1) is 6.58 Å². The van der Waals surface area contributed by atoms with E-state index >= 15 is 0 Å². The molecule has 0 aromatic heterocycles. The third-order valence-electron chi connectivity index (χ3n) is 3.78. The molecule has 2 aromatic rings. The molecule has 0 heterocycles. The van der Waals surface area contributed by atoms with Crippen LogP contribution in [0.3, 0.4) is 0 Å². The maximum atomic E-state index is 13.8. The Labute approximate surface area is 133 Å². The Morgan fingerprint density at radius 2 is 1.50 bits per heavy atom. The van der Waals surface area contributed by atoms with E-state index in [1.807, 2.05) is 87.5 Å². The van der Waals surface area contributed by atoms with E-state index in [0.717, 1.165) is 10.9 Å². The zero-order valence-corrected chi connectivity index (χ0v) is 14.4. The van der Waals surface area contributed by atoms with E-state index in [1.165, 1.54) is 0 Å². The summed E-state index contributed by atoms with van der Waals surface area (Å²) < 4.78 is 13.8. The van der Waals surface area contributed by atoms with Crippen LogP contribution in [0.15, 0.2) is 73.3 Å². The highest BCUT2D eigenvalue weighted by atomic mass is 31.2. The largest absolute Gasteiger partial charge is 0.301 e. The van der Waals surface area contributed by atoms with Gasteiger partial charge in [0.1, 0.15) is 0 Å². The molecule has 2 rings (SSSR count). The van der Waals surface area contributed by atoms with Gasteiger partial charge in [0.25, 0.3) is 0 Å². The Morgan fingerprint density at radius 3 is 1.95 bits per heavy atom. The van der Waals surface area contributed by atoms with Gasteiger partial charge in [0.05, 0.1) is 6.04 Å². The summed E-state index contributed by atoms with van der Waals surface area (Å²) in [6.07, 6.45) is 1.82. The van der Waals surface area contributed by atoms with Crippen LogP contribution < -0.4 is 10.4 Å². The van der Waals surface area contributed by atoms with Gasteiger partial charge >= 0.3 is 0 Å². The monoisotopic (exact) mass is 313 g/mol. The van der Waals surface area contributed by atoms with E-state index in [9.17, 15) is 4.57 Å². The van der Waals surface area contributed by atoms with Crippen molar-refractivity contribution < 1.29 is 4.57 Å². The van der Waals surface area contributed by atoms with Crippen LogP contribution in [0.1, 0.15) is 32.4 Å². The van der Waals surface area contributed by atoms with Crippen molar-refractivity contribution >= 4 is 12.6 Å². The van der Waals surface area contributed by atoms with Gasteiger partial charge in [-0.1, -0.05) is 87.5 Å². The van der Waals surface area contributed by atoms with Crippen LogP contribution in [-0.2, 0) is 4.57 Å². The first kappa shape index (κ1) is 16.7.